The fraction of sp³-hybridized carbons (Fsp3) is 0.250. The summed E-state index contributed by atoms with van der Waals surface area (Å²) in [4.78, 5) is 0. The van der Waals surface area contributed by atoms with Crippen LogP contribution in [0.15, 0.2) is 95.7 Å². The van der Waals surface area contributed by atoms with E-state index in [1.165, 1.54) is 21.5 Å². The second kappa shape index (κ2) is 7.37. The molecule has 1 unspecified atom stereocenters. The van der Waals surface area contributed by atoms with Crippen LogP contribution < -0.4 is 15.9 Å². The van der Waals surface area contributed by atoms with Gasteiger partial charge in [0.1, 0.15) is 6.61 Å². The molecule has 1 aliphatic carbocycles. The van der Waals surface area contributed by atoms with Crippen LogP contribution in [0.1, 0.15) is 20.8 Å². The van der Waals surface area contributed by atoms with E-state index in [1.807, 2.05) is 0 Å². The lowest BCUT2D eigenvalue weighted by molar-refractivity contribution is 0.214. The molecule has 3 heteroatoms. The van der Waals surface area contributed by atoms with Crippen LogP contribution in [0.2, 0.25) is 0 Å². The molecular formula is C24H26NOP. The molecule has 1 fully saturated rings. The quantitative estimate of drug-likeness (QED) is 0.777. The van der Waals surface area contributed by atoms with E-state index in [4.69, 9.17) is 4.74 Å². The number of allylic oxidation sites excluding steroid dienone is 5. The minimum Gasteiger partial charge on any atom is -0.477 e. The lowest BCUT2D eigenvalue weighted by Crippen LogP contribution is -2.36. The van der Waals surface area contributed by atoms with Crippen LogP contribution in [-0.2, 0) is 4.74 Å². The number of nitrogens with one attached hydrogen (secondary N) is 1. The lowest BCUT2D eigenvalue weighted by Gasteiger charge is -2.25. The Balaban J connectivity index is 1.74. The van der Waals surface area contributed by atoms with Gasteiger partial charge in [-0.05, 0) is 35.3 Å². The average Bonchev–Trinajstić information content (AvgIpc) is 3.33. The molecule has 1 aliphatic heterocycles. The van der Waals surface area contributed by atoms with Crippen molar-refractivity contribution in [2.75, 3.05) is 6.61 Å². The Kier molecular flexibility index (Phi) is 4.93. The molecule has 2 aromatic carbocycles. The van der Waals surface area contributed by atoms with E-state index in [0.717, 1.165) is 12.5 Å². The van der Waals surface area contributed by atoms with Gasteiger partial charge in [-0.25, -0.2) is 0 Å². The Bertz CT molecular complexity index is 851. The Morgan fingerprint density at radius 3 is 2.04 bits per heavy atom. The fourth-order valence-corrected chi connectivity index (χ4v) is 5.86. The zero-order valence-corrected chi connectivity index (χ0v) is 17.0. The molecule has 0 spiro atoms. The first-order valence-corrected chi connectivity index (χ1v) is 10.8. The van der Waals surface area contributed by atoms with Crippen molar-refractivity contribution in [1.82, 2.24) is 5.32 Å². The summed E-state index contributed by atoms with van der Waals surface area (Å²) in [5.41, 5.74) is 1.36. The second-order valence-corrected chi connectivity index (χ2v) is 10.2. The smallest absolute Gasteiger partial charge is 0.195 e. The maximum atomic E-state index is 6.11. The van der Waals surface area contributed by atoms with Crippen LogP contribution in [-0.4, -0.2) is 12.6 Å². The third-order valence-electron chi connectivity index (χ3n) is 5.05. The summed E-state index contributed by atoms with van der Waals surface area (Å²) in [5.74, 6) is 0.925. The summed E-state index contributed by atoms with van der Waals surface area (Å²) in [7, 11) is -0.629. The molecule has 0 aromatic heterocycles. The highest BCUT2D eigenvalue weighted by Gasteiger charge is 2.34. The predicted octanol–water partition coefficient (Wildman–Crippen LogP) is 4.82. The van der Waals surface area contributed by atoms with Gasteiger partial charge in [-0.15, -0.1) is 0 Å². The van der Waals surface area contributed by atoms with Gasteiger partial charge in [0.25, 0.3) is 0 Å². The van der Waals surface area contributed by atoms with Crippen molar-refractivity contribution in [3.8, 4) is 0 Å². The number of rotatable bonds is 3. The zero-order chi connectivity index (χ0) is 18.9. The Hall–Kier alpha value is -2.31. The lowest BCUT2D eigenvalue weighted by atomic mass is 9.88. The molecule has 1 heterocycles. The largest absolute Gasteiger partial charge is 0.477 e. The predicted molar refractivity (Wildman–Crippen MR) is 116 cm³/mol. The van der Waals surface area contributed by atoms with E-state index in [1.54, 1.807) is 0 Å². The van der Waals surface area contributed by atoms with Gasteiger partial charge in [0.2, 0.25) is 0 Å². The van der Waals surface area contributed by atoms with E-state index in [9.17, 15) is 0 Å². The summed E-state index contributed by atoms with van der Waals surface area (Å²) in [6.45, 7) is 7.48. The maximum Gasteiger partial charge on any atom is 0.195 e. The minimum absolute atomic E-state index is 0.165. The number of hydrogen-bond acceptors (Lipinski definition) is 2. The number of benzene rings is 2. The van der Waals surface area contributed by atoms with Gasteiger partial charge < -0.3 is 10.1 Å². The van der Waals surface area contributed by atoms with Crippen molar-refractivity contribution in [2.45, 2.75) is 26.8 Å². The molecule has 27 heavy (non-hydrogen) atoms. The van der Waals surface area contributed by atoms with Crippen LogP contribution in [0.5, 0.6) is 0 Å². The van der Waals surface area contributed by atoms with Crippen LogP contribution in [0.3, 0.4) is 0 Å². The molecule has 0 radical (unpaired) electrons. The minimum atomic E-state index is -0.629. The van der Waals surface area contributed by atoms with Crippen molar-refractivity contribution in [3.63, 3.8) is 0 Å². The molecule has 0 saturated carbocycles. The number of ether oxygens (including phenoxy) is 1. The van der Waals surface area contributed by atoms with Gasteiger partial charge in [0.15, 0.2) is 5.88 Å². The van der Waals surface area contributed by atoms with E-state index in [0.29, 0.717) is 6.04 Å². The van der Waals surface area contributed by atoms with E-state index < -0.39 is 7.92 Å². The molecule has 4 rings (SSSR count). The molecular weight excluding hydrogens is 349 g/mol. The van der Waals surface area contributed by atoms with Gasteiger partial charge in [-0.3, -0.25) is 0 Å². The summed E-state index contributed by atoms with van der Waals surface area (Å²) < 4.78 is 6.11. The third kappa shape index (κ3) is 3.73. The van der Waals surface area contributed by atoms with E-state index >= 15 is 0 Å². The average molecular weight is 375 g/mol. The molecule has 0 amide bonds. The highest BCUT2D eigenvalue weighted by Crippen LogP contribution is 2.49. The second-order valence-electron chi connectivity index (χ2n) is 8.03. The summed E-state index contributed by atoms with van der Waals surface area (Å²) >= 11 is 0. The Morgan fingerprint density at radius 2 is 1.52 bits per heavy atom. The Morgan fingerprint density at radius 1 is 0.926 bits per heavy atom. The first-order valence-electron chi connectivity index (χ1n) is 9.46. The van der Waals surface area contributed by atoms with Gasteiger partial charge in [0.05, 0.1) is 6.04 Å². The summed E-state index contributed by atoms with van der Waals surface area (Å²) in [6.07, 6.45) is 6.59. The molecule has 2 aromatic rings. The molecule has 138 valence electrons. The first-order chi connectivity index (χ1) is 13.0. The molecule has 2 aliphatic rings. The standard InChI is InChI=1S/C24H26NOP/c1-24(2,3)22-17-26-23(25-22)20-15-10-16-21(20)27(18-11-6-4-7-12-18)19-13-8-5-9-14-19/h4-16,22,25H,17H2,1-3H3. The molecule has 1 atom stereocenters. The topological polar surface area (TPSA) is 21.3 Å². The first kappa shape index (κ1) is 18.1. The molecule has 2 nitrogen and oxygen atoms in total. The van der Waals surface area contributed by atoms with Crippen molar-refractivity contribution < 1.29 is 4.74 Å². The highest BCUT2D eigenvalue weighted by atomic mass is 31.1. The SMILES string of the molecule is CC(C)(C)C1COC(=C2C=CC=C2P(c2ccccc2)c2ccccc2)N1. The van der Waals surface area contributed by atoms with Crippen molar-refractivity contribution in [3.05, 3.63) is 95.7 Å². The summed E-state index contributed by atoms with van der Waals surface area (Å²) in [5, 5.41) is 7.70. The van der Waals surface area contributed by atoms with Crippen molar-refractivity contribution in [1.29, 1.82) is 0 Å². The van der Waals surface area contributed by atoms with Crippen LogP contribution in [0, 0.1) is 5.41 Å². The van der Waals surface area contributed by atoms with Crippen molar-refractivity contribution in [2.24, 2.45) is 5.41 Å². The van der Waals surface area contributed by atoms with Gasteiger partial charge in [-0.1, -0.05) is 93.6 Å². The van der Waals surface area contributed by atoms with Gasteiger partial charge in [-0.2, -0.15) is 0 Å². The fourth-order valence-electron chi connectivity index (χ4n) is 3.41. The Labute approximate surface area is 163 Å². The van der Waals surface area contributed by atoms with Crippen LogP contribution in [0.4, 0.5) is 0 Å². The molecule has 1 saturated heterocycles. The number of hydrogen-bond donors (Lipinski definition) is 1. The molecule has 1 N–H and O–H groups in total. The van der Waals surface area contributed by atoms with Crippen LogP contribution >= 0.6 is 7.92 Å². The van der Waals surface area contributed by atoms with E-state index in [2.05, 4.69) is 105 Å². The normalized spacial score (nSPS) is 21.9. The summed E-state index contributed by atoms with van der Waals surface area (Å²) in [6, 6.07) is 22.0. The zero-order valence-electron chi connectivity index (χ0n) is 16.1. The van der Waals surface area contributed by atoms with E-state index in [-0.39, 0.29) is 5.41 Å². The monoisotopic (exact) mass is 375 g/mol. The maximum absolute atomic E-state index is 6.11. The van der Waals surface area contributed by atoms with Gasteiger partial charge >= 0.3 is 0 Å². The van der Waals surface area contributed by atoms with Gasteiger partial charge in [0, 0.05) is 5.57 Å². The molecule has 0 bridgehead atoms. The highest BCUT2D eigenvalue weighted by molar-refractivity contribution is 7.77. The van der Waals surface area contributed by atoms with Crippen molar-refractivity contribution >= 4 is 18.5 Å². The third-order valence-corrected chi connectivity index (χ3v) is 7.55. The van der Waals surface area contributed by atoms with Crippen LogP contribution in [0.25, 0.3) is 0 Å².